The number of hydrogen-bond donors (Lipinski definition) is 4. The van der Waals surface area contributed by atoms with Crippen molar-refractivity contribution < 1.29 is 29.3 Å². The van der Waals surface area contributed by atoms with Crippen molar-refractivity contribution in [1.82, 2.24) is 0 Å². The third kappa shape index (κ3) is 4.21. The smallest absolute Gasteiger partial charge is 0.200 e. The molecule has 3 aromatic carbocycles. The predicted molar refractivity (Wildman–Crippen MR) is 140 cm³/mol. The van der Waals surface area contributed by atoms with Crippen LogP contribution in [-0.2, 0) is 4.74 Å². The number of nitrogens with one attached hydrogen (secondary N) is 2. The molecule has 0 spiro atoms. The molecule has 1 atom stereocenters. The summed E-state index contributed by atoms with van der Waals surface area (Å²) in [7, 11) is 1.44. The van der Waals surface area contributed by atoms with E-state index in [1.165, 1.54) is 31.4 Å². The van der Waals surface area contributed by atoms with Gasteiger partial charge in [-0.15, -0.1) is 0 Å². The number of phenolic OH excluding ortho intramolecular Hbond substituents is 2. The summed E-state index contributed by atoms with van der Waals surface area (Å²) in [5.41, 5.74) is 0.940. The number of ketones is 2. The largest absolute Gasteiger partial charge is 0.507 e. The minimum atomic E-state index is -0.872. The average Bonchev–Trinajstić information content (AvgIpc) is 2.89. The summed E-state index contributed by atoms with van der Waals surface area (Å²) in [5, 5.41) is 27.2. The maximum atomic E-state index is 13.8. The Morgan fingerprint density at radius 2 is 1.76 bits per heavy atom. The molecule has 0 aromatic heterocycles. The minimum absolute atomic E-state index is 0.0384. The number of anilines is 3. The topological polar surface area (TPSA) is 117 Å². The Kier molecular flexibility index (Phi) is 6.19. The van der Waals surface area contributed by atoms with Gasteiger partial charge in [0, 0.05) is 35.9 Å². The molecular weight excluding hydrogens is 472 g/mol. The van der Waals surface area contributed by atoms with E-state index in [1.807, 2.05) is 31.2 Å². The van der Waals surface area contributed by atoms with Gasteiger partial charge in [0.2, 0.25) is 0 Å². The molecule has 0 heterocycles. The number of carbonyl (C=O) groups is 2. The van der Waals surface area contributed by atoms with E-state index in [-0.39, 0.29) is 45.3 Å². The molecule has 37 heavy (non-hydrogen) atoms. The lowest BCUT2D eigenvalue weighted by molar-refractivity contribution is 0.0227. The van der Waals surface area contributed by atoms with Crippen LogP contribution in [0.1, 0.15) is 45.2 Å². The van der Waals surface area contributed by atoms with Gasteiger partial charge in [0.05, 0.1) is 29.6 Å². The van der Waals surface area contributed by atoms with E-state index in [4.69, 9.17) is 9.47 Å². The van der Waals surface area contributed by atoms with E-state index >= 15 is 0 Å². The fourth-order valence-electron chi connectivity index (χ4n) is 4.72. The molecule has 8 heteroatoms. The Hall–Kier alpha value is -4.56. The molecule has 0 aliphatic heterocycles. The Bertz CT molecular complexity index is 1480. The van der Waals surface area contributed by atoms with Crippen LogP contribution in [0.3, 0.4) is 0 Å². The van der Waals surface area contributed by atoms with Crippen LogP contribution in [0, 0.1) is 0 Å². The first-order valence-corrected chi connectivity index (χ1v) is 11.9. The van der Waals surface area contributed by atoms with Crippen molar-refractivity contribution in [3.8, 4) is 17.2 Å². The summed E-state index contributed by atoms with van der Waals surface area (Å²) in [5.74, 6) is -0.910. The monoisotopic (exact) mass is 498 g/mol. The van der Waals surface area contributed by atoms with Gasteiger partial charge in [-0.1, -0.05) is 30.4 Å². The Morgan fingerprint density at radius 3 is 2.49 bits per heavy atom. The molecular formula is C29H26N2O6. The maximum absolute atomic E-state index is 13.8. The van der Waals surface area contributed by atoms with Gasteiger partial charge in [0.1, 0.15) is 5.75 Å². The van der Waals surface area contributed by atoms with Crippen LogP contribution in [0.15, 0.2) is 72.8 Å². The SMILES string of the molecule is CCOC1(Nc2ccc3c(c2Nc2ccc(O)c(OC)c2)C(=O)c2c(O)cccc2C3=O)C=CC=CC1. The van der Waals surface area contributed by atoms with Gasteiger partial charge in [-0.05, 0) is 43.3 Å². The summed E-state index contributed by atoms with van der Waals surface area (Å²) < 4.78 is 11.3. The first-order chi connectivity index (χ1) is 17.9. The van der Waals surface area contributed by atoms with E-state index in [0.29, 0.717) is 30.1 Å². The van der Waals surface area contributed by atoms with Gasteiger partial charge in [0.15, 0.2) is 28.8 Å². The van der Waals surface area contributed by atoms with Gasteiger partial charge in [-0.3, -0.25) is 9.59 Å². The first kappa shape index (κ1) is 24.1. The lowest BCUT2D eigenvalue weighted by Gasteiger charge is -2.35. The van der Waals surface area contributed by atoms with Crippen molar-refractivity contribution in [1.29, 1.82) is 0 Å². The average molecular weight is 499 g/mol. The fraction of sp³-hybridized carbons (Fsp3) is 0.172. The lowest BCUT2D eigenvalue weighted by Crippen LogP contribution is -2.40. The zero-order valence-electron chi connectivity index (χ0n) is 20.4. The third-order valence-electron chi connectivity index (χ3n) is 6.42. The van der Waals surface area contributed by atoms with Crippen molar-refractivity contribution in [3.63, 3.8) is 0 Å². The van der Waals surface area contributed by atoms with Gasteiger partial charge >= 0.3 is 0 Å². The molecule has 188 valence electrons. The number of allylic oxidation sites excluding steroid dienone is 2. The van der Waals surface area contributed by atoms with Crippen molar-refractivity contribution in [2.24, 2.45) is 0 Å². The second-order valence-electron chi connectivity index (χ2n) is 8.72. The molecule has 0 saturated carbocycles. The number of fused-ring (bicyclic) bond motifs is 2. The van der Waals surface area contributed by atoms with E-state index in [2.05, 4.69) is 10.6 Å². The number of methoxy groups -OCH3 is 1. The highest BCUT2D eigenvalue weighted by Crippen LogP contribution is 2.42. The van der Waals surface area contributed by atoms with Crippen molar-refractivity contribution >= 4 is 28.6 Å². The number of rotatable bonds is 7. The number of phenols is 2. The van der Waals surface area contributed by atoms with Gasteiger partial charge in [-0.2, -0.15) is 0 Å². The minimum Gasteiger partial charge on any atom is -0.507 e. The highest BCUT2D eigenvalue weighted by Gasteiger charge is 2.36. The first-order valence-electron chi connectivity index (χ1n) is 11.9. The van der Waals surface area contributed by atoms with Crippen molar-refractivity contribution in [2.75, 3.05) is 24.4 Å². The fourth-order valence-corrected chi connectivity index (χ4v) is 4.72. The summed E-state index contributed by atoms with van der Waals surface area (Å²) in [6.07, 6.45) is 8.22. The predicted octanol–water partition coefficient (Wildman–Crippen LogP) is 5.29. The van der Waals surface area contributed by atoms with Gasteiger partial charge < -0.3 is 30.3 Å². The van der Waals surface area contributed by atoms with Crippen LogP contribution in [0.25, 0.3) is 0 Å². The lowest BCUT2D eigenvalue weighted by atomic mass is 9.82. The van der Waals surface area contributed by atoms with E-state index in [1.54, 1.807) is 24.3 Å². The zero-order chi connectivity index (χ0) is 26.2. The summed E-state index contributed by atoms with van der Waals surface area (Å²) in [6, 6.07) is 12.5. The van der Waals surface area contributed by atoms with Crippen LogP contribution in [0.2, 0.25) is 0 Å². The summed E-state index contributed by atoms with van der Waals surface area (Å²) >= 11 is 0. The van der Waals surface area contributed by atoms with Gasteiger partial charge in [0.25, 0.3) is 0 Å². The summed E-state index contributed by atoms with van der Waals surface area (Å²) in [6.45, 7) is 2.33. The van der Waals surface area contributed by atoms with Crippen LogP contribution in [0.5, 0.6) is 17.2 Å². The quantitative estimate of drug-likeness (QED) is 0.201. The molecule has 4 N–H and O–H groups in total. The molecule has 0 radical (unpaired) electrons. The molecule has 1 unspecified atom stereocenters. The molecule has 2 aliphatic rings. The Morgan fingerprint density at radius 1 is 0.946 bits per heavy atom. The molecule has 5 rings (SSSR count). The second kappa shape index (κ2) is 9.48. The number of carbonyl (C=O) groups excluding carboxylic acids is 2. The highest BCUT2D eigenvalue weighted by molar-refractivity contribution is 6.31. The standard InChI is InChI=1S/C29H26N2O6/c1-3-37-29(14-5-4-6-15-29)31-20-12-11-19-25(26(20)30-17-10-13-21(32)23(16-17)36-2)28(35)24-18(27(19)34)8-7-9-22(24)33/h4-14,16,30-33H,3,15H2,1-2H3. The number of hydrogen-bond acceptors (Lipinski definition) is 8. The van der Waals surface area contributed by atoms with Crippen LogP contribution in [-0.4, -0.2) is 41.2 Å². The molecule has 0 amide bonds. The third-order valence-corrected chi connectivity index (χ3v) is 6.42. The molecule has 2 aliphatic carbocycles. The van der Waals surface area contributed by atoms with E-state index < -0.39 is 11.5 Å². The zero-order valence-corrected chi connectivity index (χ0v) is 20.4. The molecule has 0 saturated heterocycles. The highest BCUT2D eigenvalue weighted by atomic mass is 16.5. The van der Waals surface area contributed by atoms with Crippen molar-refractivity contribution in [2.45, 2.75) is 19.1 Å². The number of benzene rings is 3. The molecule has 0 fully saturated rings. The van der Waals surface area contributed by atoms with E-state index in [0.717, 1.165) is 0 Å². The van der Waals surface area contributed by atoms with Crippen LogP contribution in [0.4, 0.5) is 17.1 Å². The second-order valence-corrected chi connectivity index (χ2v) is 8.72. The molecule has 3 aromatic rings. The Labute approximate surface area is 213 Å². The number of ether oxygens (including phenoxy) is 2. The summed E-state index contributed by atoms with van der Waals surface area (Å²) in [4.78, 5) is 27.2. The normalized spacial score (nSPS) is 17.8. The van der Waals surface area contributed by atoms with Crippen LogP contribution >= 0.6 is 0 Å². The molecule has 0 bridgehead atoms. The van der Waals surface area contributed by atoms with Crippen molar-refractivity contribution in [3.05, 3.63) is 95.1 Å². The Balaban J connectivity index is 1.70. The number of aromatic hydroxyl groups is 2. The molecule has 8 nitrogen and oxygen atoms in total. The maximum Gasteiger partial charge on any atom is 0.200 e. The van der Waals surface area contributed by atoms with Crippen LogP contribution < -0.4 is 15.4 Å². The van der Waals surface area contributed by atoms with Gasteiger partial charge in [-0.25, -0.2) is 0 Å². The van der Waals surface area contributed by atoms with E-state index in [9.17, 15) is 19.8 Å².